The molecule has 1 fully saturated rings. The minimum Gasteiger partial charge on any atom is -0.481 e. The normalized spacial score (nSPS) is 20.9. The van der Waals surface area contributed by atoms with Crippen LogP contribution in [0.4, 0.5) is 0 Å². The number of likely N-dealkylation sites (tertiary alicyclic amines) is 1. The summed E-state index contributed by atoms with van der Waals surface area (Å²) in [5.74, 6) is -0.864. The summed E-state index contributed by atoms with van der Waals surface area (Å²) >= 11 is 3.53. The molecule has 0 saturated carbocycles. The highest BCUT2D eigenvalue weighted by Crippen LogP contribution is 2.23. The molecular weight excluding hydrogens is 294 g/mol. The van der Waals surface area contributed by atoms with E-state index in [1.54, 1.807) is 0 Å². The van der Waals surface area contributed by atoms with Crippen LogP contribution in [0.2, 0.25) is 0 Å². The Morgan fingerprint density at radius 1 is 1.56 bits per heavy atom. The molecule has 0 aromatic heterocycles. The molecule has 0 amide bonds. The third-order valence-electron chi connectivity index (χ3n) is 3.63. The number of carboxylic acid groups (broad SMARTS) is 1. The fourth-order valence-electron chi connectivity index (χ4n) is 2.47. The van der Waals surface area contributed by atoms with Crippen LogP contribution in [0.15, 0.2) is 22.7 Å². The average molecular weight is 312 g/mol. The largest absolute Gasteiger partial charge is 0.481 e. The Labute approximate surface area is 116 Å². The standard InChI is InChI=1S/C14H18BrNO2/c1-10-11(4-2-6-13(10)15)8-16-7-3-5-12(9-16)14(17)18/h2,4,6,12H,3,5,7-9H2,1H3,(H,17,18). The van der Waals surface area contributed by atoms with E-state index in [4.69, 9.17) is 5.11 Å². The number of piperidine rings is 1. The quantitative estimate of drug-likeness (QED) is 0.932. The summed E-state index contributed by atoms with van der Waals surface area (Å²) in [6.45, 7) is 4.60. The number of hydrogen-bond donors (Lipinski definition) is 1. The van der Waals surface area contributed by atoms with Crippen LogP contribution in [0.3, 0.4) is 0 Å². The van der Waals surface area contributed by atoms with Crippen molar-refractivity contribution in [3.8, 4) is 0 Å². The van der Waals surface area contributed by atoms with E-state index in [9.17, 15) is 4.79 Å². The molecular formula is C14H18BrNO2. The molecule has 4 heteroatoms. The fourth-order valence-corrected chi connectivity index (χ4v) is 2.87. The highest BCUT2D eigenvalue weighted by Gasteiger charge is 2.25. The Bertz CT molecular complexity index is 447. The van der Waals surface area contributed by atoms with E-state index in [-0.39, 0.29) is 5.92 Å². The van der Waals surface area contributed by atoms with Gasteiger partial charge in [-0.1, -0.05) is 28.1 Å². The van der Waals surface area contributed by atoms with Gasteiger partial charge < -0.3 is 5.11 Å². The number of benzene rings is 1. The van der Waals surface area contributed by atoms with Crippen LogP contribution in [0, 0.1) is 12.8 Å². The van der Waals surface area contributed by atoms with Gasteiger partial charge in [-0.3, -0.25) is 9.69 Å². The first-order valence-corrected chi connectivity index (χ1v) is 7.06. The Kier molecular flexibility index (Phi) is 4.40. The van der Waals surface area contributed by atoms with Gasteiger partial charge in [0.05, 0.1) is 5.92 Å². The molecule has 0 spiro atoms. The zero-order valence-electron chi connectivity index (χ0n) is 10.5. The molecule has 1 unspecified atom stereocenters. The summed E-state index contributed by atoms with van der Waals surface area (Å²) in [5, 5.41) is 9.09. The number of carbonyl (C=O) groups is 1. The number of aliphatic carboxylic acids is 1. The van der Waals surface area contributed by atoms with Crippen LogP contribution in [0.1, 0.15) is 24.0 Å². The molecule has 1 aliphatic rings. The van der Waals surface area contributed by atoms with Gasteiger partial charge in [0.1, 0.15) is 0 Å². The minimum absolute atomic E-state index is 0.203. The molecule has 1 aromatic rings. The van der Waals surface area contributed by atoms with Gasteiger partial charge in [-0.25, -0.2) is 0 Å². The van der Waals surface area contributed by atoms with Crippen molar-refractivity contribution in [3.05, 3.63) is 33.8 Å². The molecule has 1 saturated heterocycles. The lowest BCUT2D eigenvalue weighted by Gasteiger charge is -2.31. The Morgan fingerprint density at radius 2 is 2.33 bits per heavy atom. The topological polar surface area (TPSA) is 40.5 Å². The SMILES string of the molecule is Cc1c(Br)cccc1CN1CCCC(C(=O)O)C1. The van der Waals surface area contributed by atoms with Crippen LogP contribution < -0.4 is 0 Å². The van der Waals surface area contributed by atoms with Gasteiger partial charge in [0.25, 0.3) is 0 Å². The first-order chi connectivity index (χ1) is 8.58. The maximum atomic E-state index is 11.0. The predicted molar refractivity (Wildman–Crippen MR) is 74.5 cm³/mol. The molecule has 2 rings (SSSR count). The maximum absolute atomic E-state index is 11.0. The Morgan fingerprint density at radius 3 is 3.06 bits per heavy atom. The van der Waals surface area contributed by atoms with E-state index < -0.39 is 5.97 Å². The number of nitrogens with zero attached hydrogens (tertiary/aromatic N) is 1. The molecule has 98 valence electrons. The summed E-state index contributed by atoms with van der Waals surface area (Å²) in [7, 11) is 0. The van der Waals surface area contributed by atoms with Crippen LogP contribution in [0.5, 0.6) is 0 Å². The van der Waals surface area contributed by atoms with Crippen molar-refractivity contribution in [1.82, 2.24) is 4.90 Å². The zero-order chi connectivity index (χ0) is 13.1. The smallest absolute Gasteiger partial charge is 0.307 e. The number of hydrogen-bond acceptors (Lipinski definition) is 2. The third kappa shape index (κ3) is 3.12. The molecule has 1 aliphatic heterocycles. The van der Waals surface area contributed by atoms with Crippen LogP contribution in [-0.2, 0) is 11.3 Å². The molecule has 0 bridgehead atoms. The van der Waals surface area contributed by atoms with Crippen molar-refractivity contribution in [2.75, 3.05) is 13.1 Å². The Balaban J connectivity index is 2.05. The van der Waals surface area contributed by atoms with Crippen molar-refractivity contribution in [3.63, 3.8) is 0 Å². The predicted octanol–water partition coefficient (Wildman–Crippen LogP) is 3.05. The van der Waals surface area contributed by atoms with Gasteiger partial charge in [0, 0.05) is 17.6 Å². The summed E-state index contributed by atoms with van der Waals surface area (Å²) in [6.07, 6.45) is 1.79. The van der Waals surface area contributed by atoms with Gasteiger partial charge in [-0.2, -0.15) is 0 Å². The van der Waals surface area contributed by atoms with Crippen molar-refractivity contribution in [2.24, 2.45) is 5.92 Å². The summed E-state index contributed by atoms with van der Waals surface area (Å²) < 4.78 is 1.12. The van der Waals surface area contributed by atoms with Gasteiger partial charge in [0.2, 0.25) is 0 Å². The zero-order valence-corrected chi connectivity index (χ0v) is 12.1. The second-order valence-corrected chi connectivity index (χ2v) is 5.79. The van der Waals surface area contributed by atoms with E-state index >= 15 is 0 Å². The maximum Gasteiger partial charge on any atom is 0.307 e. The lowest BCUT2D eigenvalue weighted by atomic mass is 9.97. The molecule has 0 aliphatic carbocycles. The summed E-state index contributed by atoms with van der Waals surface area (Å²) in [6, 6.07) is 6.19. The van der Waals surface area contributed by atoms with Crippen molar-refractivity contribution >= 4 is 21.9 Å². The van der Waals surface area contributed by atoms with Crippen molar-refractivity contribution in [2.45, 2.75) is 26.3 Å². The van der Waals surface area contributed by atoms with Gasteiger partial charge >= 0.3 is 5.97 Å². The second kappa shape index (κ2) is 5.85. The summed E-state index contributed by atoms with van der Waals surface area (Å²) in [4.78, 5) is 13.3. The number of carboxylic acids is 1. The van der Waals surface area contributed by atoms with Gasteiger partial charge in [-0.05, 0) is 43.5 Å². The van der Waals surface area contributed by atoms with E-state index in [1.165, 1.54) is 11.1 Å². The van der Waals surface area contributed by atoms with E-state index in [0.29, 0.717) is 6.54 Å². The molecule has 1 N–H and O–H groups in total. The number of halogens is 1. The van der Waals surface area contributed by atoms with Crippen molar-refractivity contribution in [1.29, 1.82) is 0 Å². The Hall–Kier alpha value is -0.870. The van der Waals surface area contributed by atoms with Crippen molar-refractivity contribution < 1.29 is 9.90 Å². The lowest BCUT2D eigenvalue weighted by molar-refractivity contribution is -0.143. The third-order valence-corrected chi connectivity index (χ3v) is 4.49. The van der Waals surface area contributed by atoms with E-state index in [0.717, 1.165) is 30.4 Å². The highest BCUT2D eigenvalue weighted by molar-refractivity contribution is 9.10. The van der Waals surface area contributed by atoms with Crippen LogP contribution >= 0.6 is 15.9 Å². The molecule has 3 nitrogen and oxygen atoms in total. The second-order valence-electron chi connectivity index (χ2n) is 4.94. The number of rotatable bonds is 3. The highest BCUT2D eigenvalue weighted by atomic mass is 79.9. The average Bonchev–Trinajstić information content (AvgIpc) is 2.35. The van der Waals surface area contributed by atoms with Crippen LogP contribution in [-0.4, -0.2) is 29.1 Å². The lowest BCUT2D eigenvalue weighted by Crippen LogP contribution is -2.38. The monoisotopic (exact) mass is 311 g/mol. The first-order valence-electron chi connectivity index (χ1n) is 6.27. The molecule has 1 heterocycles. The van der Waals surface area contributed by atoms with E-state index in [2.05, 4.69) is 33.8 Å². The summed E-state index contributed by atoms with van der Waals surface area (Å²) in [5.41, 5.74) is 2.52. The molecule has 0 radical (unpaired) electrons. The fraction of sp³-hybridized carbons (Fsp3) is 0.500. The molecule has 18 heavy (non-hydrogen) atoms. The van der Waals surface area contributed by atoms with E-state index in [1.807, 2.05) is 12.1 Å². The first kappa shape index (κ1) is 13.6. The van der Waals surface area contributed by atoms with Gasteiger partial charge in [-0.15, -0.1) is 0 Å². The van der Waals surface area contributed by atoms with Gasteiger partial charge in [0.15, 0.2) is 0 Å². The molecule has 1 aromatic carbocycles. The molecule has 1 atom stereocenters. The van der Waals surface area contributed by atoms with Crippen LogP contribution in [0.25, 0.3) is 0 Å². The minimum atomic E-state index is -0.661.